The summed E-state index contributed by atoms with van der Waals surface area (Å²) in [7, 11) is 0. The molecule has 0 radical (unpaired) electrons. The molecule has 0 unspecified atom stereocenters. The lowest BCUT2D eigenvalue weighted by Gasteiger charge is -2.15. The Hall–Kier alpha value is -3.27. The second-order valence-corrected chi connectivity index (χ2v) is 10.1. The first kappa shape index (κ1) is 26.8. The van der Waals surface area contributed by atoms with E-state index in [1.54, 1.807) is 42.5 Å². The summed E-state index contributed by atoms with van der Waals surface area (Å²) < 4.78 is 12.4. The fourth-order valence-electron chi connectivity index (χ4n) is 3.47. The number of rotatable bonds is 9. The van der Waals surface area contributed by atoms with Gasteiger partial charge in [-0.15, -0.1) is 0 Å². The monoisotopic (exact) mass is 600 g/mol. The van der Waals surface area contributed by atoms with Crippen LogP contribution in [0.2, 0.25) is 5.02 Å². The molecule has 0 atom stereocenters. The first-order valence-electron chi connectivity index (χ1n) is 11.3. The van der Waals surface area contributed by atoms with Crippen LogP contribution in [-0.2, 0) is 16.2 Å². The predicted molar refractivity (Wildman–Crippen MR) is 149 cm³/mol. The number of nitrogens with zero attached hydrogens (tertiary/aromatic N) is 1. The minimum Gasteiger partial charge on any atom is -0.490 e. The van der Waals surface area contributed by atoms with Gasteiger partial charge in [-0.05, 0) is 88.2 Å². The summed E-state index contributed by atoms with van der Waals surface area (Å²) in [5.74, 6) is 0.00219. The fourth-order valence-corrected chi connectivity index (χ4v) is 5.01. The molecule has 0 aromatic heterocycles. The van der Waals surface area contributed by atoms with E-state index in [1.807, 2.05) is 37.3 Å². The lowest BCUT2D eigenvalue weighted by molar-refractivity contribution is -0.127. The molecule has 0 aliphatic carbocycles. The Kier molecular flexibility index (Phi) is 8.91. The van der Waals surface area contributed by atoms with Gasteiger partial charge in [0.2, 0.25) is 5.91 Å². The van der Waals surface area contributed by atoms with Gasteiger partial charge in [0.05, 0.1) is 16.0 Å². The fraction of sp³-hybridized carbons (Fsp3) is 0.148. The van der Waals surface area contributed by atoms with Crippen molar-refractivity contribution in [1.82, 2.24) is 4.90 Å². The Labute approximate surface area is 231 Å². The molecule has 3 amide bonds. The molecule has 3 aromatic rings. The Morgan fingerprint density at radius 3 is 2.51 bits per heavy atom. The van der Waals surface area contributed by atoms with Crippen LogP contribution >= 0.6 is 39.3 Å². The number of ether oxygens (including phenoxy) is 2. The van der Waals surface area contributed by atoms with Crippen LogP contribution in [0.1, 0.15) is 18.1 Å². The molecule has 37 heavy (non-hydrogen) atoms. The number of benzene rings is 3. The van der Waals surface area contributed by atoms with Crippen LogP contribution in [0.5, 0.6) is 11.5 Å². The van der Waals surface area contributed by atoms with Gasteiger partial charge < -0.3 is 14.8 Å². The maximum absolute atomic E-state index is 12.9. The Morgan fingerprint density at radius 2 is 1.81 bits per heavy atom. The molecule has 1 N–H and O–H groups in total. The number of imide groups is 1. The molecule has 190 valence electrons. The number of anilines is 1. The number of thioether (sulfide) groups is 1. The van der Waals surface area contributed by atoms with Crippen LogP contribution in [0.3, 0.4) is 0 Å². The second kappa shape index (κ2) is 12.3. The van der Waals surface area contributed by atoms with Gasteiger partial charge in [0, 0.05) is 10.7 Å². The highest BCUT2D eigenvalue weighted by Crippen LogP contribution is 2.39. The van der Waals surface area contributed by atoms with E-state index in [-0.39, 0.29) is 4.91 Å². The normalized spacial score (nSPS) is 14.2. The molecular formula is C27H22BrClN2O5S. The zero-order valence-electron chi connectivity index (χ0n) is 19.7. The van der Waals surface area contributed by atoms with E-state index in [0.717, 1.165) is 22.2 Å². The third-order valence-corrected chi connectivity index (χ3v) is 6.91. The number of nitrogens with one attached hydrogen (secondary N) is 1. The molecule has 0 bridgehead atoms. The highest BCUT2D eigenvalue weighted by molar-refractivity contribution is 9.10. The molecule has 7 nitrogen and oxygen atoms in total. The molecule has 0 spiro atoms. The van der Waals surface area contributed by atoms with Crippen molar-refractivity contribution in [3.8, 4) is 11.5 Å². The molecular weight excluding hydrogens is 580 g/mol. The summed E-state index contributed by atoms with van der Waals surface area (Å²) in [6.45, 7) is 2.24. The highest BCUT2D eigenvalue weighted by atomic mass is 79.9. The van der Waals surface area contributed by atoms with Crippen molar-refractivity contribution in [3.63, 3.8) is 0 Å². The molecule has 1 aliphatic heterocycles. The topological polar surface area (TPSA) is 84.9 Å². The van der Waals surface area contributed by atoms with Crippen LogP contribution in [-0.4, -0.2) is 35.1 Å². The van der Waals surface area contributed by atoms with E-state index in [4.69, 9.17) is 21.1 Å². The number of carbonyl (C=O) groups is 3. The Balaban J connectivity index is 1.48. The maximum atomic E-state index is 12.9. The number of amides is 3. The van der Waals surface area contributed by atoms with E-state index >= 15 is 0 Å². The summed E-state index contributed by atoms with van der Waals surface area (Å²) in [6, 6.07) is 19.8. The second-order valence-electron chi connectivity index (χ2n) is 7.86. The minimum absolute atomic E-state index is 0.205. The van der Waals surface area contributed by atoms with Crippen LogP contribution in [0.15, 0.2) is 76.1 Å². The Bertz CT molecular complexity index is 1350. The quantitative estimate of drug-likeness (QED) is 0.273. The van der Waals surface area contributed by atoms with Gasteiger partial charge in [-0.3, -0.25) is 19.3 Å². The van der Waals surface area contributed by atoms with Crippen molar-refractivity contribution in [2.45, 2.75) is 13.5 Å². The van der Waals surface area contributed by atoms with E-state index in [1.165, 1.54) is 0 Å². The predicted octanol–water partition coefficient (Wildman–Crippen LogP) is 6.76. The zero-order valence-corrected chi connectivity index (χ0v) is 22.9. The number of carbonyl (C=O) groups excluding carboxylic acids is 3. The van der Waals surface area contributed by atoms with Gasteiger partial charge in [-0.1, -0.05) is 41.9 Å². The van der Waals surface area contributed by atoms with Gasteiger partial charge in [0.25, 0.3) is 11.1 Å². The molecule has 10 heteroatoms. The van der Waals surface area contributed by atoms with Crippen LogP contribution in [0.25, 0.3) is 6.08 Å². The zero-order chi connectivity index (χ0) is 26.4. The van der Waals surface area contributed by atoms with Crippen molar-refractivity contribution in [2.24, 2.45) is 0 Å². The van der Waals surface area contributed by atoms with Gasteiger partial charge in [0.15, 0.2) is 11.5 Å². The summed E-state index contributed by atoms with van der Waals surface area (Å²) in [6.07, 6.45) is 1.59. The van der Waals surface area contributed by atoms with Crippen molar-refractivity contribution >= 4 is 68.1 Å². The third-order valence-electron chi connectivity index (χ3n) is 5.16. The largest absolute Gasteiger partial charge is 0.490 e. The number of halogens is 2. The van der Waals surface area contributed by atoms with E-state index in [9.17, 15) is 14.4 Å². The van der Waals surface area contributed by atoms with E-state index in [2.05, 4.69) is 21.2 Å². The average molecular weight is 602 g/mol. The van der Waals surface area contributed by atoms with Gasteiger partial charge in [-0.25, -0.2) is 0 Å². The lowest BCUT2D eigenvalue weighted by Crippen LogP contribution is -2.36. The minimum atomic E-state index is -0.542. The first-order chi connectivity index (χ1) is 17.8. The standard InChI is InChI=1S/C27H22BrClN2O5S/c1-2-35-22-13-18(12-21(28)25(22)36-16-17-6-4-3-5-7-17)14-23-26(33)31(27(34)37-23)15-24(32)30-20-10-8-19(29)9-11-20/h3-14H,2,15-16H2,1H3,(H,30,32)/b23-14+. The molecule has 1 fully saturated rings. The SMILES string of the molecule is CCOc1cc(/C=C2/SC(=O)N(CC(=O)Nc3ccc(Cl)cc3)C2=O)cc(Br)c1OCc1ccccc1. The molecule has 3 aromatic carbocycles. The van der Waals surface area contributed by atoms with Crippen LogP contribution < -0.4 is 14.8 Å². The molecule has 4 rings (SSSR count). The summed E-state index contributed by atoms with van der Waals surface area (Å²) in [5, 5.41) is 2.66. The number of hydrogen-bond donors (Lipinski definition) is 1. The summed E-state index contributed by atoms with van der Waals surface area (Å²) in [5.41, 5.74) is 2.16. The molecule has 1 heterocycles. The average Bonchev–Trinajstić information content (AvgIpc) is 3.13. The maximum Gasteiger partial charge on any atom is 0.294 e. The lowest BCUT2D eigenvalue weighted by atomic mass is 10.1. The molecule has 1 aliphatic rings. The van der Waals surface area contributed by atoms with Crippen molar-refractivity contribution in [2.75, 3.05) is 18.5 Å². The van der Waals surface area contributed by atoms with Crippen LogP contribution in [0, 0.1) is 0 Å². The van der Waals surface area contributed by atoms with Crippen molar-refractivity contribution in [1.29, 1.82) is 0 Å². The highest BCUT2D eigenvalue weighted by Gasteiger charge is 2.36. The van der Waals surface area contributed by atoms with E-state index < -0.39 is 23.6 Å². The smallest absolute Gasteiger partial charge is 0.294 e. The van der Waals surface area contributed by atoms with Gasteiger partial charge in [-0.2, -0.15) is 0 Å². The first-order valence-corrected chi connectivity index (χ1v) is 13.3. The summed E-state index contributed by atoms with van der Waals surface area (Å²) >= 11 is 10.2. The van der Waals surface area contributed by atoms with Crippen LogP contribution in [0.4, 0.5) is 10.5 Å². The molecule has 1 saturated heterocycles. The van der Waals surface area contributed by atoms with Gasteiger partial charge in [0.1, 0.15) is 13.2 Å². The van der Waals surface area contributed by atoms with Gasteiger partial charge >= 0.3 is 0 Å². The summed E-state index contributed by atoms with van der Waals surface area (Å²) in [4.78, 5) is 39.0. The molecule has 0 saturated carbocycles. The van der Waals surface area contributed by atoms with Crippen molar-refractivity contribution in [3.05, 3.63) is 92.3 Å². The number of hydrogen-bond acceptors (Lipinski definition) is 6. The Morgan fingerprint density at radius 1 is 1.08 bits per heavy atom. The van der Waals surface area contributed by atoms with E-state index in [0.29, 0.717) is 45.5 Å². The van der Waals surface area contributed by atoms with Crippen molar-refractivity contribution < 1.29 is 23.9 Å². The third kappa shape index (κ3) is 6.94.